The van der Waals surface area contributed by atoms with Gasteiger partial charge in [-0.15, -0.1) is 0 Å². The second kappa shape index (κ2) is 8.20. The van der Waals surface area contributed by atoms with Crippen molar-refractivity contribution in [2.45, 2.75) is 13.5 Å². The monoisotopic (exact) mass is 395 g/mol. The third kappa shape index (κ3) is 3.89. The van der Waals surface area contributed by atoms with Gasteiger partial charge in [0.25, 0.3) is 0 Å². The Kier molecular flexibility index (Phi) is 5.11. The molecule has 0 bridgehead atoms. The zero-order chi connectivity index (χ0) is 20.3. The van der Waals surface area contributed by atoms with Crippen molar-refractivity contribution < 1.29 is 0 Å². The molecular formula is C25H25N5. The summed E-state index contributed by atoms with van der Waals surface area (Å²) in [6.45, 7) is 7.13. The highest BCUT2D eigenvalue weighted by atomic mass is 15.3. The van der Waals surface area contributed by atoms with Gasteiger partial charge in [-0.3, -0.25) is 9.88 Å². The van der Waals surface area contributed by atoms with Gasteiger partial charge >= 0.3 is 0 Å². The minimum Gasteiger partial charge on any atom is -0.353 e. The van der Waals surface area contributed by atoms with Crippen LogP contribution in [0.2, 0.25) is 0 Å². The van der Waals surface area contributed by atoms with Crippen LogP contribution in [0.5, 0.6) is 0 Å². The molecule has 0 aliphatic carbocycles. The number of nitrogens with zero attached hydrogens (tertiary/aromatic N) is 5. The quantitative estimate of drug-likeness (QED) is 0.515. The second-order valence-electron chi connectivity index (χ2n) is 7.88. The van der Waals surface area contributed by atoms with Gasteiger partial charge in [-0.05, 0) is 36.8 Å². The van der Waals surface area contributed by atoms with Gasteiger partial charge in [0.05, 0.1) is 5.52 Å². The fourth-order valence-electron chi connectivity index (χ4n) is 4.12. The SMILES string of the molecule is Cc1cccc(CN2CCN(c3nc(-c4ccncc4)nc4ccccc34)CC2)c1. The first kappa shape index (κ1) is 18.7. The Morgan fingerprint density at radius 2 is 1.63 bits per heavy atom. The van der Waals surface area contributed by atoms with Crippen LogP contribution in [0.4, 0.5) is 5.82 Å². The van der Waals surface area contributed by atoms with Crippen LogP contribution in [-0.2, 0) is 6.54 Å². The Morgan fingerprint density at radius 1 is 0.833 bits per heavy atom. The first-order valence-corrected chi connectivity index (χ1v) is 10.5. The average Bonchev–Trinajstić information content (AvgIpc) is 2.79. The fourth-order valence-corrected chi connectivity index (χ4v) is 4.12. The normalized spacial score (nSPS) is 14.9. The van der Waals surface area contributed by atoms with Crippen molar-refractivity contribution in [3.63, 3.8) is 0 Å². The van der Waals surface area contributed by atoms with E-state index in [1.165, 1.54) is 11.1 Å². The molecule has 0 radical (unpaired) electrons. The molecule has 2 aromatic carbocycles. The summed E-state index contributed by atoms with van der Waals surface area (Å²) in [6.07, 6.45) is 3.58. The Labute approximate surface area is 177 Å². The smallest absolute Gasteiger partial charge is 0.162 e. The molecule has 0 unspecified atom stereocenters. The van der Waals surface area contributed by atoms with Crippen LogP contribution in [0.3, 0.4) is 0 Å². The molecule has 1 saturated heterocycles. The number of hydrogen-bond acceptors (Lipinski definition) is 5. The lowest BCUT2D eigenvalue weighted by molar-refractivity contribution is 0.249. The van der Waals surface area contributed by atoms with Gasteiger partial charge in [0.2, 0.25) is 0 Å². The predicted octanol–water partition coefficient (Wildman–Crippen LogP) is 4.32. The highest BCUT2D eigenvalue weighted by Gasteiger charge is 2.21. The van der Waals surface area contributed by atoms with Crippen molar-refractivity contribution >= 4 is 16.7 Å². The standard InChI is InChI=1S/C25H25N5/c1-19-5-4-6-20(17-19)18-29-13-15-30(16-14-29)25-22-7-2-3-8-23(22)27-24(28-25)21-9-11-26-12-10-21/h2-12,17H,13-16,18H2,1H3. The third-order valence-corrected chi connectivity index (χ3v) is 5.68. The highest BCUT2D eigenvalue weighted by Crippen LogP contribution is 2.28. The number of aryl methyl sites for hydroxylation is 1. The predicted molar refractivity (Wildman–Crippen MR) is 121 cm³/mol. The summed E-state index contributed by atoms with van der Waals surface area (Å²) in [5.74, 6) is 1.79. The van der Waals surface area contributed by atoms with Crippen molar-refractivity contribution in [1.29, 1.82) is 0 Å². The first-order valence-electron chi connectivity index (χ1n) is 10.5. The summed E-state index contributed by atoms with van der Waals surface area (Å²) < 4.78 is 0. The zero-order valence-corrected chi connectivity index (χ0v) is 17.2. The van der Waals surface area contributed by atoms with Crippen LogP contribution in [0.15, 0.2) is 73.1 Å². The van der Waals surface area contributed by atoms with Gasteiger partial charge in [0.15, 0.2) is 5.82 Å². The molecule has 150 valence electrons. The first-order chi connectivity index (χ1) is 14.8. The number of hydrogen-bond donors (Lipinski definition) is 0. The zero-order valence-electron chi connectivity index (χ0n) is 17.2. The number of pyridine rings is 1. The summed E-state index contributed by atoms with van der Waals surface area (Å²) >= 11 is 0. The maximum Gasteiger partial charge on any atom is 0.162 e. The van der Waals surface area contributed by atoms with Gasteiger partial charge in [0, 0.05) is 56.1 Å². The van der Waals surface area contributed by atoms with Gasteiger partial charge < -0.3 is 4.90 Å². The molecule has 0 amide bonds. The largest absolute Gasteiger partial charge is 0.353 e. The van der Waals surface area contributed by atoms with E-state index in [2.05, 4.69) is 64.2 Å². The van der Waals surface area contributed by atoms with E-state index < -0.39 is 0 Å². The van der Waals surface area contributed by atoms with E-state index in [0.29, 0.717) is 0 Å². The molecular weight excluding hydrogens is 370 g/mol. The summed E-state index contributed by atoms with van der Waals surface area (Å²) in [7, 11) is 0. The van der Waals surface area contributed by atoms with E-state index in [-0.39, 0.29) is 0 Å². The molecule has 0 N–H and O–H groups in total. The Balaban J connectivity index is 1.40. The molecule has 0 atom stereocenters. The fraction of sp³-hybridized carbons (Fsp3) is 0.240. The van der Waals surface area contributed by atoms with Crippen LogP contribution in [0.1, 0.15) is 11.1 Å². The Hall–Kier alpha value is -3.31. The van der Waals surface area contributed by atoms with Crippen LogP contribution in [-0.4, -0.2) is 46.0 Å². The highest BCUT2D eigenvalue weighted by molar-refractivity contribution is 5.91. The summed E-state index contributed by atoms with van der Waals surface area (Å²) in [5, 5.41) is 1.11. The lowest BCUT2D eigenvalue weighted by Gasteiger charge is -2.36. The van der Waals surface area contributed by atoms with Crippen LogP contribution < -0.4 is 4.90 Å². The molecule has 5 heteroatoms. The van der Waals surface area contributed by atoms with E-state index in [4.69, 9.17) is 9.97 Å². The number of piperazine rings is 1. The van der Waals surface area contributed by atoms with E-state index in [1.807, 2.05) is 18.2 Å². The van der Waals surface area contributed by atoms with Gasteiger partial charge in [0.1, 0.15) is 5.82 Å². The van der Waals surface area contributed by atoms with Crippen molar-refractivity contribution in [3.05, 3.63) is 84.2 Å². The van der Waals surface area contributed by atoms with Crippen molar-refractivity contribution in [3.8, 4) is 11.4 Å². The Bertz CT molecular complexity index is 1150. The van der Waals surface area contributed by atoms with Gasteiger partial charge in [-0.2, -0.15) is 0 Å². The molecule has 2 aromatic heterocycles. The van der Waals surface area contributed by atoms with Crippen molar-refractivity contribution in [2.75, 3.05) is 31.1 Å². The minimum absolute atomic E-state index is 0.758. The molecule has 1 aliphatic heterocycles. The number of rotatable bonds is 4. The number of benzene rings is 2. The molecule has 1 fully saturated rings. The van der Waals surface area contributed by atoms with Crippen LogP contribution in [0, 0.1) is 6.92 Å². The van der Waals surface area contributed by atoms with Crippen LogP contribution >= 0.6 is 0 Å². The lowest BCUT2D eigenvalue weighted by Crippen LogP contribution is -2.46. The molecule has 0 spiro atoms. The lowest BCUT2D eigenvalue weighted by atomic mass is 10.1. The number of fused-ring (bicyclic) bond motifs is 1. The van der Waals surface area contributed by atoms with E-state index in [9.17, 15) is 0 Å². The molecule has 30 heavy (non-hydrogen) atoms. The number of anilines is 1. The molecule has 0 saturated carbocycles. The Morgan fingerprint density at radius 3 is 2.43 bits per heavy atom. The summed E-state index contributed by atoms with van der Waals surface area (Å²) in [5.41, 5.74) is 4.68. The van der Waals surface area contributed by atoms with E-state index in [0.717, 1.165) is 60.8 Å². The van der Waals surface area contributed by atoms with Gasteiger partial charge in [-0.1, -0.05) is 42.0 Å². The van der Waals surface area contributed by atoms with Crippen molar-refractivity contribution in [2.24, 2.45) is 0 Å². The minimum atomic E-state index is 0.758. The third-order valence-electron chi connectivity index (χ3n) is 5.68. The van der Waals surface area contributed by atoms with E-state index >= 15 is 0 Å². The van der Waals surface area contributed by atoms with Crippen molar-refractivity contribution in [1.82, 2.24) is 19.9 Å². The van der Waals surface area contributed by atoms with E-state index in [1.54, 1.807) is 12.4 Å². The number of para-hydroxylation sites is 1. The molecule has 3 heterocycles. The molecule has 5 nitrogen and oxygen atoms in total. The average molecular weight is 396 g/mol. The second-order valence-corrected chi connectivity index (χ2v) is 7.88. The maximum absolute atomic E-state index is 4.98. The maximum atomic E-state index is 4.98. The summed E-state index contributed by atoms with van der Waals surface area (Å²) in [4.78, 5) is 18.8. The number of aromatic nitrogens is 3. The topological polar surface area (TPSA) is 45.2 Å². The van der Waals surface area contributed by atoms with Crippen LogP contribution in [0.25, 0.3) is 22.3 Å². The molecule has 4 aromatic rings. The van der Waals surface area contributed by atoms with Gasteiger partial charge in [-0.25, -0.2) is 9.97 Å². The molecule has 5 rings (SSSR count). The summed E-state index contributed by atoms with van der Waals surface area (Å²) in [6, 6.07) is 21.0. The molecule has 1 aliphatic rings.